The summed E-state index contributed by atoms with van der Waals surface area (Å²) in [4.78, 5) is 78.3. The van der Waals surface area contributed by atoms with Crippen LogP contribution in [-0.4, -0.2) is 112 Å². The number of thiazole rings is 1. The fourth-order valence-electron chi connectivity index (χ4n) is 10.7. The van der Waals surface area contributed by atoms with Gasteiger partial charge in [0.15, 0.2) is 11.6 Å². The number of piperazine rings is 1. The normalized spacial score (nSPS) is 18.5. The highest BCUT2D eigenvalue weighted by molar-refractivity contribution is 7.13. The van der Waals surface area contributed by atoms with Crippen molar-refractivity contribution >= 4 is 68.8 Å². The van der Waals surface area contributed by atoms with Gasteiger partial charge in [0.25, 0.3) is 5.91 Å². The number of fused-ring (bicyclic) bond motifs is 1. The van der Waals surface area contributed by atoms with E-state index in [0.717, 1.165) is 51.9 Å². The molecule has 77 heavy (non-hydrogen) atoms. The third kappa shape index (κ3) is 13.5. The molecule has 3 aliphatic rings. The lowest BCUT2D eigenvalue weighted by Crippen LogP contribution is -2.52. The molecule has 1 saturated carbocycles. The van der Waals surface area contributed by atoms with E-state index < -0.39 is 41.0 Å². The van der Waals surface area contributed by atoms with Crippen LogP contribution in [0.4, 0.5) is 26.0 Å². The zero-order valence-corrected chi connectivity index (χ0v) is 44.7. The first-order valence-corrected chi connectivity index (χ1v) is 27.4. The van der Waals surface area contributed by atoms with Crippen LogP contribution in [0.15, 0.2) is 84.4 Å². The highest BCUT2D eigenvalue weighted by Crippen LogP contribution is 2.37. The number of rotatable bonds is 18. The average Bonchev–Trinajstić information content (AvgIpc) is 4.15. The standard InChI is InChI=1S/C58H67F2N9O7S/c1-34-53(77-33-62-34)38-11-8-35(9-12-38)32-61-56(74)46-31-43(70)30-45(46)52(73)54(58(2,3)4)64-50(71)6-5-7-51(72)69-20-18-68(19-21-69)42-13-14-44(49(29-42)63-41-16-22-76-23-17-41)57(75)65-55-47-27-36(10-15-48(47)66-67-55)24-37-25-39(59)28-40(60)26-37/h8-15,25-29,33,41,43,45-46,54,63,70H,5-7,16-24,30-32H2,1-4H3,(H,61,74)(H,64,71)(H2,65,66,67,75)/t43-,45?,46+,54+/m0/s1. The predicted molar refractivity (Wildman–Crippen MR) is 293 cm³/mol. The maximum Gasteiger partial charge on any atom is 0.258 e. The van der Waals surface area contributed by atoms with E-state index in [9.17, 15) is 37.9 Å². The number of benzene rings is 4. The van der Waals surface area contributed by atoms with Gasteiger partial charge in [-0.2, -0.15) is 5.10 Å². The molecule has 4 atom stereocenters. The summed E-state index contributed by atoms with van der Waals surface area (Å²) in [6.45, 7) is 11.0. The van der Waals surface area contributed by atoms with Crippen LogP contribution in [0.3, 0.4) is 0 Å². The number of ketones is 1. The number of carbonyl (C=O) groups excluding carboxylic acids is 5. The highest BCUT2D eigenvalue weighted by atomic mass is 32.1. The van der Waals surface area contributed by atoms with Crippen LogP contribution in [0, 0.1) is 35.8 Å². The molecule has 4 amide bonds. The Morgan fingerprint density at radius 1 is 0.857 bits per heavy atom. The molecule has 19 heteroatoms. The van der Waals surface area contributed by atoms with Crippen molar-refractivity contribution < 1.29 is 42.6 Å². The van der Waals surface area contributed by atoms with Gasteiger partial charge in [-0.05, 0) is 116 Å². The number of aliphatic hydroxyl groups is 1. The van der Waals surface area contributed by atoms with Gasteiger partial charge < -0.3 is 40.9 Å². The zero-order chi connectivity index (χ0) is 54.4. The lowest BCUT2D eigenvalue weighted by molar-refractivity contribution is -0.137. The van der Waals surface area contributed by atoms with Crippen molar-refractivity contribution in [2.45, 2.75) is 104 Å². The van der Waals surface area contributed by atoms with E-state index in [1.54, 1.807) is 22.3 Å². The van der Waals surface area contributed by atoms with E-state index in [4.69, 9.17) is 4.74 Å². The van der Waals surface area contributed by atoms with Crippen LogP contribution in [-0.2, 0) is 36.9 Å². The third-order valence-electron chi connectivity index (χ3n) is 14.9. The monoisotopic (exact) mass is 1070 g/mol. The number of amides is 4. The molecule has 4 heterocycles. The first-order valence-electron chi connectivity index (χ1n) is 26.5. The van der Waals surface area contributed by atoms with Gasteiger partial charge in [-0.25, -0.2) is 13.8 Å². The molecule has 9 rings (SSSR count). The summed E-state index contributed by atoms with van der Waals surface area (Å²) in [5.74, 6) is -3.93. The Morgan fingerprint density at radius 3 is 2.27 bits per heavy atom. The molecular formula is C58H67F2N9O7S. The SMILES string of the molecule is Cc1ncsc1-c1ccc(CNC(=O)[C@@H]2C[C@@H](O)CC2C(=O)[C@@H](NC(=O)CCCC(=O)N2CCN(c3ccc(C(=O)Nc4n[nH]c5ccc(Cc6cc(F)cc(F)c6)cc45)c(NC4CCOCC4)c3)CC2)C(C)(C)C)cc1. The fourth-order valence-corrected chi connectivity index (χ4v) is 11.5. The molecule has 406 valence electrons. The lowest BCUT2D eigenvalue weighted by atomic mass is 9.77. The summed E-state index contributed by atoms with van der Waals surface area (Å²) in [6.07, 6.45) is 1.72. The molecule has 6 N–H and O–H groups in total. The van der Waals surface area contributed by atoms with E-state index >= 15 is 0 Å². The first-order chi connectivity index (χ1) is 36.9. The van der Waals surface area contributed by atoms with Crippen molar-refractivity contribution in [3.8, 4) is 10.4 Å². The predicted octanol–water partition coefficient (Wildman–Crippen LogP) is 8.33. The molecule has 3 fully saturated rings. The van der Waals surface area contributed by atoms with Gasteiger partial charge >= 0.3 is 0 Å². The highest BCUT2D eigenvalue weighted by Gasteiger charge is 2.47. The van der Waals surface area contributed by atoms with Crippen molar-refractivity contribution in [2.24, 2.45) is 17.3 Å². The van der Waals surface area contributed by atoms with Crippen LogP contribution in [0.1, 0.15) is 98.5 Å². The maximum absolute atomic E-state index is 14.3. The number of aliphatic hydroxyl groups excluding tert-OH is 1. The number of nitrogens with zero attached hydrogens (tertiary/aromatic N) is 4. The summed E-state index contributed by atoms with van der Waals surface area (Å²) in [5.41, 5.74) is 7.91. The number of hydrogen-bond acceptors (Lipinski definition) is 12. The van der Waals surface area contributed by atoms with Gasteiger partial charge in [-0.15, -0.1) is 11.3 Å². The summed E-state index contributed by atoms with van der Waals surface area (Å²) < 4.78 is 33.5. The number of H-pyrrole nitrogens is 1. The fraction of sp³-hybridized carbons (Fsp3) is 0.431. The number of nitrogens with one attached hydrogen (secondary N) is 5. The molecule has 6 aromatic rings. The van der Waals surface area contributed by atoms with Crippen LogP contribution in [0.5, 0.6) is 0 Å². The number of aromatic nitrogens is 3. The zero-order valence-electron chi connectivity index (χ0n) is 43.9. The Bertz CT molecular complexity index is 3090. The Labute approximate surface area is 450 Å². The molecule has 0 bridgehead atoms. The largest absolute Gasteiger partial charge is 0.393 e. The third-order valence-corrected chi connectivity index (χ3v) is 15.9. The van der Waals surface area contributed by atoms with Crippen molar-refractivity contribution in [1.82, 2.24) is 30.7 Å². The van der Waals surface area contributed by atoms with E-state index in [1.807, 2.05) is 87.8 Å². The van der Waals surface area contributed by atoms with Crippen molar-refractivity contribution in [3.05, 3.63) is 124 Å². The van der Waals surface area contributed by atoms with E-state index in [-0.39, 0.29) is 80.5 Å². The van der Waals surface area contributed by atoms with E-state index in [1.165, 1.54) is 12.1 Å². The topological polar surface area (TPSA) is 211 Å². The maximum atomic E-state index is 14.3. The lowest BCUT2D eigenvalue weighted by Gasteiger charge is -2.36. The number of anilines is 3. The molecule has 0 radical (unpaired) electrons. The van der Waals surface area contributed by atoms with Crippen LogP contribution < -0.4 is 26.2 Å². The number of aromatic amines is 1. The quantitative estimate of drug-likeness (QED) is 0.0482. The Balaban J connectivity index is 0.768. The number of ether oxygens (including phenoxy) is 1. The number of carbonyl (C=O) groups is 5. The average molecular weight is 1070 g/mol. The second-order valence-electron chi connectivity index (χ2n) is 21.6. The molecule has 0 spiro atoms. The molecule has 2 aromatic heterocycles. The molecule has 1 aliphatic carbocycles. The molecule has 2 saturated heterocycles. The molecule has 2 aliphatic heterocycles. The Morgan fingerprint density at radius 2 is 1.57 bits per heavy atom. The van der Waals surface area contributed by atoms with Gasteiger partial charge in [0.05, 0.1) is 45.2 Å². The Hall–Kier alpha value is -7.09. The van der Waals surface area contributed by atoms with Gasteiger partial charge in [0.2, 0.25) is 17.7 Å². The van der Waals surface area contributed by atoms with Gasteiger partial charge in [0.1, 0.15) is 11.6 Å². The molecular weight excluding hydrogens is 1000 g/mol. The van der Waals surface area contributed by atoms with Crippen LogP contribution >= 0.6 is 11.3 Å². The summed E-state index contributed by atoms with van der Waals surface area (Å²) in [7, 11) is 0. The smallest absolute Gasteiger partial charge is 0.258 e. The molecule has 4 aromatic carbocycles. The molecule has 1 unspecified atom stereocenters. The number of Topliss-reactive ketones (excluding diaryl/α,β-unsaturated/α-hetero) is 1. The molecule has 16 nitrogen and oxygen atoms in total. The minimum atomic E-state index is -0.914. The van der Waals surface area contributed by atoms with Gasteiger partial charge in [-0.1, -0.05) is 51.1 Å². The number of aryl methyl sites for hydroxylation is 1. The van der Waals surface area contributed by atoms with Crippen molar-refractivity contribution in [3.63, 3.8) is 0 Å². The van der Waals surface area contributed by atoms with Gasteiger partial charge in [0, 0.05) is 93.6 Å². The van der Waals surface area contributed by atoms with Gasteiger partial charge in [-0.3, -0.25) is 29.1 Å². The minimum Gasteiger partial charge on any atom is -0.393 e. The minimum absolute atomic E-state index is 0.0310. The van der Waals surface area contributed by atoms with Crippen molar-refractivity contribution in [2.75, 3.05) is 54.9 Å². The van der Waals surface area contributed by atoms with Crippen LogP contribution in [0.25, 0.3) is 21.3 Å². The number of halogens is 2. The second kappa shape index (κ2) is 24.1. The van der Waals surface area contributed by atoms with E-state index in [0.29, 0.717) is 72.9 Å². The Kier molecular flexibility index (Phi) is 17.1. The van der Waals surface area contributed by atoms with E-state index in [2.05, 4.69) is 41.3 Å². The summed E-state index contributed by atoms with van der Waals surface area (Å²) in [6, 6.07) is 21.6. The summed E-state index contributed by atoms with van der Waals surface area (Å²) >= 11 is 1.57. The van der Waals surface area contributed by atoms with Crippen molar-refractivity contribution in [1.29, 1.82) is 0 Å². The first kappa shape index (κ1) is 54.7. The second-order valence-corrected chi connectivity index (χ2v) is 22.5. The summed E-state index contributed by atoms with van der Waals surface area (Å²) in [5, 5.41) is 31.2. The number of hydrogen-bond donors (Lipinski definition) is 6. The van der Waals surface area contributed by atoms with Crippen LogP contribution in [0.2, 0.25) is 0 Å².